The van der Waals surface area contributed by atoms with E-state index in [1.807, 2.05) is 0 Å². The van der Waals surface area contributed by atoms with Crippen LogP contribution in [0.3, 0.4) is 0 Å². The zero-order chi connectivity index (χ0) is 25.1. The number of amides is 1. The number of anilines is 1. The zero-order valence-electron chi connectivity index (χ0n) is 19.3. The van der Waals surface area contributed by atoms with Crippen LogP contribution in [0.1, 0.15) is 35.1 Å². The predicted molar refractivity (Wildman–Crippen MR) is 129 cm³/mol. The summed E-state index contributed by atoms with van der Waals surface area (Å²) in [5, 5.41) is 3.90. The highest BCUT2D eigenvalue weighted by molar-refractivity contribution is 7.18. The molecule has 4 heterocycles. The van der Waals surface area contributed by atoms with E-state index in [1.165, 1.54) is 18.6 Å². The van der Waals surface area contributed by atoms with E-state index in [2.05, 4.69) is 25.3 Å². The minimum absolute atomic E-state index is 0.000701. The maximum absolute atomic E-state index is 15.1. The molecule has 2 atom stereocenters. The Balaban J connectivity index is 1.48. The number of piperidine rings is 1. The number of nitrogens with one attached hydrogen (secondary N) is 2. The van der Waals surface area contributed by atoms with Crippen LogP contribution >= 0.6 is 22.9 Å². The number of nitrogens with zero attached hydrogens (tertiary/aromatic N) is 4. The molecule has 0 aliphatic carbocycles. The van der Waals surface area contributed by atoms with Gasteiger partial charge in [-0.3, -0.25) is 14.8 Å². The topological polar surface area (TPSA) is 122 Å². The lowest BCUT2D eigenvalue weighted by molar-refractivity contribution is 0.0893. The molecule has 3 aromatic rings. The van der Waals surface area contributed by atoms with Gasteiger partial charge in [0, 0.05) is 24.6 Å². The Labute approximate surface area is 209 Å². The lowest BCUT2D eigenvalue weighted by atomic mass is 10.0. The second-order valence-electron chi connectivity index (χ2n) is 7.90. The van der Waals surface area contributed by atoms with Crippen LogP contribution < -0.4 is 15.0 Å². The second-order valence-corrected chi connectivity index (χ2v) is 9.22. The van der Waals surface area contributed by atoms with Crippen molar-refractivity contribution in [3.63, 3.8) is 0 Å². The molecular weight excluding hydrogens is 499 g/mol. The fourth-order valence-corrected chi connectivity index (χ4v) is 4.84. The van der Waals surface area contributed by atoms with Gasteiger partial charge in [-0.1, -0.05) is 22.9 Å². The number of aromatic amines is 1. The summed E-state index contributed by atoms with van der Waals surface area (Å²) in [4.78, 5) is 42.1. The van der Waals surface area contributed by atoms with E-state index in [0.717, 1.165) is 11.3 Å². The summed E-state index contributed by atoms with van der Waals surface area (Å²) in [5.41, 5.74) is 2.36. The lowest BCUT2D eigenvalue weighted by Crippen LogP contribution is -2.52. The van der Waals surface area contributed by atoms with Crippen molar-refractivity contribution in [3.05, 3.63) is 40.6 Å². The number of carbonyl (C=O) groups excluding carboxylic acids is 2. The molecule has 1 amide bonds. The van der Waals surface area contributed by atoms with E-state index in [1.54, 1.807) is 25.7 Å². The number of ether oxygens (including phenoxy) is 2. The van der Waals surface area contributed by atoms with Crippen LogP contribution in [0.5, 0.6) is 5.06 Å². The summed E-state index contributed by atoms with van der Waals surface area (Å²) < 4.78 is 25.3. The van der Waals surface area contributed by atoms with Gasteiger partial charge in [0.25, 0.3) is 5.91 Å². The number of hydrogen-bond acceptors (Lipinski definition) is 9. The van der Waals surface area contributed by atoms with Crippen LogP contribution in [0.15, 0.2) is 18.6 Å². The van der Waals surface area contributed by atoms with Gasteiger partial charge in [-0.15, -0.1) is 0 Å². The summed E-state index contributed by atoms with van der Waals surface area (Å²) in [7, 11) is 0. The van der Waals surface area contributed by atoms with Gasteiger partial charge >= 0.3 is 6.16 Å². The SMILES string of the molecule is CCOC(=O)Oc1sc(N2CC[C@@H](NC(=O)c3[nH]c(C)c(Cl)c3C)[C@@H](F)C2)nc1-c1cnccn1. The molecule has 4 rings (SSSR count). The Morgan fingerprint density at radius 3 is 2.80 bits per heavy atom. The monoisotopic (exact) mass is 522 g/mol. The van der Waals surface area contributed by atoms with Crippen LogP contribution in [0.25, 0.3) is 11.4 Å². The fourth-order valence-electron chi connectivity index (χ4n) is 3.74. The molecule has 1 saturated heterocycles. The highest BCUT2D eigenvalue weighted by Gasteiger charge is 2.33. The van der Waals surface area contributed by atoms with E-state index < -0.39 is 24.3 Å². The Bertz CT molecular complexity index is 1220. The standard InChI is InChI=1S/C22H24ClFN6O4S/c1-4-33-22(32)34-20-18(15-9-25-6-7-26-15)29-21(35-20)30-8-5-14(13(24)10-30)28-19(31)17-11(2)16(23)12(3)27-17/h6-7,9,13-14,27H,4-5,8,10H2,1-3H3,(H,28,31)/t13-,14+/m0/s1. The molecule has 35 heavy (non-hydrogen) atoms. The molecule has 0 spiro atoms. The first-order valence-electron chi connectivity index (χ1n) is 10.9. The molecule has 1 fully saturated rings. The van der Waals surface area contributed by atoms with Crippen molar-refractivity contribution in [3.8, 4) is 16.5 Å². The van der Waals surface area contributed by atoms with Gasteiger partial charge in [0.2, 0.25) is 5.06 Å². The Morgan fingerprint density at radius 1 is 1.37 bits per heavy atom. The Kier molecular flexibility index (Phi) is 7.51. The van der Waals surface area contributed by atoms with E-state index in [0.29, 0.717) is 51.5 Å². The van der Waals surface area contributed by atoms with Gasteiger partial charge in [-0.2, -0.15) is 0 Å². The second kappa shape index (κ2) is 10.6. The zero-order valence-corrected chi connectivity index (χ0v) is 20.9. The molecule has 0 saturated carbocycles. The molecule has 3 aromatic heterocycles. The van der Waals surface area contributed by atoms with Crippen LogP contribution in [-0.4, -0.2) is 63.9 Å². The first kappa shape index (κ1) is 24.9. The van der Waals surface area contributed by atoms with E-state index in [-0.39, 0.29) is 18.2 Å². The molecule has 1 aliphatic heterocycles. The van der Waals surface area contributed by atoms with Crippen molar-refractivity contribution in [2.75, 3.05) is 24.6 Å². The van der Waals surface area contributed by atoms with Crippen LogP contribution in [0.2, 0.25) is 5.02 Å². The minimum Gasteiger partial charge on any atom is -0.434 e. The number of rotatable bonds is 6. The number of aromatic nitrogens is 4. The van der Waals surface area contributed by atoms with Crippen molar-refractivity contribution < 1.29 is 23.5 Å². The third-order valence-electron chi connectivity index (χ3n) is 5.53. The lowest BCUT2D eigenvalue weighted by Gasteiger charge is -2.34. The molecule has 0 bridgehead atoms. The van der Waals surface area contributed by atoms with Crippen molar-refractivity contribution in [2.24, 2.45) is 0 Å². The van der Waals surface area contributed by atoms with Crippen LogP contribution in [-0.2, 0) is 4.74 Å². The first-order valence-corrected chi connectivity index (χ1v) is 12.1. The number of aryl methyl sites for hydroxylation is 1. The summed E-state index contributed by atoms with van der Waals surface area (Å²) in [6.45, 7) is 5.76. The highest BCUT2D eigenvalue weighted by atomic mass is 35.5. The van der Waals surface area contributed by atoms with Crippen molar-refractivity contribution in [1.82, 2.24) is 25.3 Å². The average molecular weight is 523 g/mol. The maximum atomic E-state index is 15.1. The number of hydrogen-bond donors (Lipinski definition) is 2. The van der Waals surface area contributed by atoms with Gasteiger partial charge in [0.1, 0.15) is 23.3 Å². The molecule has 10 nitrogen and oxygen atoms in total. The largest absolute Gasteiger partial charge is 0.514 e. The molecule has 186 valence electrons. The Hall–Kier alpha value is -3.25. The molecular formula is C22H24ClFN6O4S. The van der Waals surface area contributed by atoms with Crippen molar-refractivity contribution >= 4 is 40.1 Å². The van der Waals surface area contributed by atoms with Gasteiger partial charge in [0.05, 0.1) is 30.4 Å². The average Bonchev–Trinajstić information content (AvgIpc) is 3.37. The number of halogens is 2. The predicted octanol–water partition coefficient (Wildman–Crippen LogP) is 4.08. The minimum atomic E-state index is -1.35. The number of alkyl halides is 1. The normalized spacial score (nSPS) is 17.8. The summed E-state index contributed by atoms with van der Waals surface area (Å²) >= 11 is 7.25. The number of H-pyrrole nitrogens is 1. The number of carbonyl (C=O) groups is 2. The van der Waals surface area contributed by atoms with E-state index >= 15 is 4.39 Å². The van der Waals surface area contributed by atoms with Gasteiger partial charge < -0.3 is 24.7 Å². The smallest absolute Gasteiger partial charge is 0.434 e. The van der Waals surface area contributed by atoms with Crippen LogP contribution in [0, 0.1) is 13.8 Å². The van der Waals surface area contributed by atoms with Gasteiger partial charge in [0.15, 0.2) is 5.13 Å². The molecule has 2 N–H and O–H groups in total. The Morgan fingerprint density at radius 2 is 2.17 bits per heavy atom. The van der Waals surface area contributed by atoms with E-state index in [4.69, 9.17) is 21.1 Å². The van der Waals surface area contributed by atoms with Gasteiger partial charge in [-0.05, 0) is 32.8 Å². The highest BCUT2D eigenvalue weighted by Crippen LogP contribution is 2.40. The van der Waals surface area contributed by atoms with Gasteiger partial charge in [-0.25, -0.2) is 14.2 Å². The third-order valence-corrected chi connectivity index (χ3v) is 7.09. The summed E-state index contributed by atoms with van der Waals surface area (Å²) in [5.74, 6) is -0.400. The molecule has 1 aliphatic rings. The van der Waals surface area contributed by atoms with Crippen molar-refractivity contribution in [2.45, 2.75) is 39.4 Å². The quantitative estimate of drug-likeness (QED) is 0.464. The fraction of sp³-hybridized carbons (Fsp3) is 0.409. The van der Waals surface area contributed by atoms with Crippen LogP contribution in [0.4, 0.5) is 14.3 Å². The van der Waals surface area contributed by atoms with E-state index in [9.17, 15) is 9.59 Å². The molecule has 0 aromatic carbocycles. The maximum Gasteiger partial charge on any atom is 0.514 e. The summed E-state index contributed by atoms with van der Waals surface area (Å²) in [6, 6.07) is -0.671. The first-order chi connectivity index (χ1) is 16.8. The summed E-state index contributed by atoms with van der Waals surface area (Å²) in [6.07, 6.45) is 2.64. The number of thiazole rings is 1. The third kappa shape index (κ3) is 5.38. The molecule has 0 radical (unpaired) electrons. The molecule has 13 heteroatoms. The van der Waals surface area contributed by atoms with Crippen molar-refractivity contribution in [1.29, 1.82) is 0 Å². The molecule has 0 unspecified atom stereocenters.